The van der Waals surface area contributed by atoms with Gasteiger partial charge in [-0.05, 0) is 16.5 Å². The van der Waals surface area contributed by atoms with Crippen molar-refractivity contribution >= 4 is 0 Å². The monoisotopic (exact) mass is 206 g/mol. The molecule has 0 amide bonds. The lowest BCUT2D eigenvalue weighted by molar-refractivity contribution is 0.588. The molecule has 2 nitrogen and oxygen atoms in total. The third-order valence-corrected chi connectivity index (χ3v) is 2.44. The van der Waals surface area contributed by atoms with E-state index in [2.05, 4.69) is 50.4 Å². The lowest BCUT2D eigenvalue weighted by Gasteiger charge is -2.19. The topological polar surface area (TPSA) is 38.0 Å². The average molecular weight is 206 g/mol. The zero-order valence-electron chi connectivity index (χ0n) is 10.0. The fourth-order valence-corrected chi connectivity index (χ4v) is 1.48. The van der Waals surface area contributed by atoms with Crippen LogP contribution in [0.1, 0.15) is 31.9 Å². The highest BCUT2D eigenvalue weighted by Crippen LogP contribution is 2.22. The smallest absolute Gasteiger partial charge is 0.0206 e. The standard InChI is InChI=1S/C13H22N2/c1-13(2,3)12-6-4-5-11(9-12)10-15-8-7-14/h4-6,9,15H,7-8,10,14H2,1-3H3. The van der Waals surface area contributed by atoms with Crippen molar-refractivity contribution in [3.05, 3.63) is 35.4 Å². The first-order valence-corrected chi connectivity index (χ1v) is 5.54. The van der Waals surface area contributed by atoms with Gasteiger partial charge >= 0.3 is 0 Å². The molecule has 0 aliphatic heterocycles. The molecule has 0 spiro atoms. The molecule has 1 rings (SSSR count). The molecule has 0 aliphatic rings. The molecule has 3 N–H and O–H groups in total. The van der Waals surface area contributed by atoms with Gasteiger partial charge in [0.05, 0.1) is 0 Å². The number of rotatable bonds is 4. The molecule has 0 unspecified atom stereocenters. The predicted molar refractivity (Wildman–Crippen MR) is 65.9 cm³/mol. The molecule has 0 saturated carbocycles. The van der Waals surface area contributed by atoms with Gasteiger partial charge < -0.3 is 11.1 Å². The second kappa shape index (κ2) is 5.29. The predicted octanol–water partition coefficient (Wildman–Crippen LogP) is 2.03. The fraction of sp³-hybridized carbons (Fsp3) is 0.538. The number of hydrogen-bond donors (Lipinski definition) is 2. The van der Waals surface area contributed by atoms with Crippen LogP contribution in [-0.4, -0.2) is 13.1 Å². The van der Waals surface area contributed by atoms with Gasteiger partial charge in [0, 0.05) is 19.6 Å². The Kier molecular flexibility index (Phi) is 4.30. The molecule has 15 heavy (non-hydrogen) atoms. The van der Waals surface area contributed by atoms with Crippen molar-refractivity contribution in [2.75, 3.05) is 13.1 Å². The van der Waals surface area contributed by atoms with Crippen LogP contribution in [0.2, 0.25) is 0 Å². The van der Waals surface area contributed by atoms with Gasteiger partial charge in [-0.2, -0.15) is 0 Å². The zero-order valence-corrected chi connectivity index (χ0v) is 10.0. The van der Waals surface area contributed by atoms with Gasteiger partial charge in [0.2, 0.25) is 0 Å². The van der Waals surface area contributed by atoms with Crippen LogP contribution >= 0.6 is 0 Å². The van der Waals surface area contributed by atoms with Gasteiger partial charge in [0.25, 0.3) is 0 Å². The summed E-state index contributed by atoms with van der Waals surface area (Å²) in [5.41, 5.74) is 8.37. The summed E-state index contributed by atoms with van der Waals surface area (Å²) in [5.74, 6) is 0. The van der Waals surface area contributed by atoms with E-state index < -0.39 is 0 Å². The van der Waals surface area contributed by atoms with Gasteiger partial charge in [-0.15, -0.1) is 0 Å². The molecule has 0 aliphatic carbocycles. The van der Waals surface area contributed by atoms with E-state index in [9.17, 15) is 0 Å². The normalized spacial score (nSPS) is 11.7. The van der Waals surface area contributed by atoms with E-state index >= 15 is 0 Å². The van der Waals surface area contributed by atoms with Crippen molar-refractivity contribution in [2.45, 2.75) is 32.7 Å². The van der Waals surface area contributed by atoms with Crippen molar-refractivity contribution in [2.24, 2.45) is 5.73 Å². The molecule has 1 aromatic carbocycles. The van der Waals surface area contributed by atoms with Crippen LogP contribution in [-0.2, 0) is 12.0 Å². The largest absolute Gasteiger partial charge is 0.329 e. The Morgan fingerprint density at radius 3 is 2.60 bits per heavy atom. The van der Waals surface area contributed by atoms with Crippen molar-refractivity contribution < 1.29 is 0 Å². The zero-order chi connectivity index (χ0) is 11.3. The molecule has 0 aromatic heterocycles. The van der Waals surface area contributed by atoms with Gasteiger partial charge in [0.1, 0.15) is 0 Å². The summed E-state index contributed by atoms with van der Waals surface area (Å²) >= 11 is 0. The summed E-state index contributed by atoms with van der Waals surface area (Å²) in [7, 11) is 0. The third-order valence-electron chi connectivity index (χ3n) is 2.44. The maximum atomic E-state index is 5.43. The Bertz CT molecular complexity index is 300. The molecular weight excluding hydrogens is 184 g/mol. The van der Waals surface area contributed by atoms with Crippen molar-refractivity contribution in [1.82, 2.24) is 5.32 Å². The van der Waals surface area contributed by atoms with Crippen LogP contribution in [0.25, 0.3) is 0 Å². The summed E-state index contributed by atoms with van der Waals surface area (Å²) in [4.78, 5) is 0. The van der Waals surface area contributed by atoms with E-state index in [4.69, 9.17) is 5.73 Å². The van der Waals surface area contributed by atoms with Crippen molar-refractivity contribution in [3.63, 3.8) is 0 Å². The van der Waals surface area contributed by atoms with E-state index in [1.165, 1.54) is 11.1 Å². The quantitative estimate of drug-likeness (QED) is 0.740. The van der Waals surface area contributed by atoms with E-state index in [1.54, 1.807) is 0 Å². The number of nitrogens with two attached hydrogens (primary N) is 1. The molecule has 0 bridgehead atoms. The van der Waals surface area contributed by atoms with Crippen LogP contribution in [0, 0.1) is 0 Å². The number of nitrogens with one attached hydrogen (secondary N) is 1. The van der Waals surface area contributed by atoms with Gasteiger partial charge in [-0.25, -0.2) is 0 Å². The second-order valence-corrected chi connectivity index (χ2v) is 4.92. The van der Waals surface area contributed by atoms with E-state index in [-0.39, 0.29) is 5.41 Å². The SMILES string of the molecule is CC(C)(C)c1cccc(CNCCN)c1. The fourth-order valence-electron chi connectivity index (χ4n) is 1.48. The molecule has 84 valence electrons. The minimum absolute atomic E-state index is 0.226. The molecule has 0 saturated heterocycles. The van der Waals surface area contributed by atoms with Gasteiger partial charge in [-0.3, -0.25) is 0 Å². The Hall–Kier alpha value is -0.860. The molecule has 0 radical (unpaired) electrons. The Labute approximate surface area is 92.9 Å². The van der Waals surface area contributed by atoms with Crippen LogP contribution < -0.4 is 11.1 Å². The number of benzene rings is 1. The lowest BCUT2D eigenvalue weighted by Crippen LogP contribution is -2.22. The Balaban J connectivity index is 2.66. The van der Waals surface area contributed by atoms with Gasteiger partial charge in [0.15, 0.2) is 0 Å². The summed E-state index contributed by atoms with van der Waals surface area (Å²) < 4.78 is 0. The van der Waals surface area contributed by atoms with Crippen LogP contribution in [0.5, 0.6) is 0 Å². The maximum absolute atomic E-state index is 5.43. The summed E-state index contributed by atoms with van der Waals surface area (Å²) in [6, 6.07) is 8.73. The molecule has 0 heterocycles. The van der Waals surface area contributed by atoms with Crippen molar-refractivity contribution in [3.8, 4) is 0 Å². The summed E-state index contributed by atoms with van der Waals surface area (Å²) in [6.07, 6.45) is 0. The first kappa shape index (κ1) is 12.2. The lowest BCUT2D eigenvalue weighted by atomic mass is 9.86. The molecule has 0 atom stereocenters. The van der Waals surface area contributed by atoms with Crippen LogP contribution in [0.15, 0.2) is 24.3 Å². The third kappa shape index (κ3) is 4.02. The molecule has 0 fully saturated rings. The summed E-state index contributed by atoms with van der Waals surface area (Å²) in [6.45, 7) is 9.18. The highest BCUT2D eigenvalue weighted by Gasteiger charge is 2.13. The Morgan fingerprint density at radius 1 is 1.27 bits per heavy atom. The first-order valence-electron chi connectivity index (χ1n) is 5.54. The summed E-state index contributed by atoms with van der Waals surface area (Å²) in [5, 5.41) is 3.31. The molecule has 1 aromatic rings. The highest BCUT2D eigenvalue weighted by molar-refractivity contribution is 5.28. The minimum Gasteiger partial charge on any atom is -0.329 e. The maximum Gasteiger partial charge on any atom is 0.0206 e. The minimum atomic E-state index is 0.226. The van der Waals surface area contributed by atoms with Gasteiger partial charge in [-0.1, -0.05) is 45.0 Å². The van der Waals surface area contributed by atoms with Crippen molar-refractivity contribution in [1.29, 1.82) is 0 Å². The first-order chi connectivity index (χ1) is 7.04. The molecular formula is C13H22N2. The Morgan fingerprint density at radius 2 is 2.00 bits per heavy atom. The molecule has 2 heteroatoms. The van der Waals surface area contributed by atoms with E-state index in [0.29, 0.717) is 6.54 Å². The second-order valence-electron chi connectivity index (χ2n) is 4.92. The highest BCUT2D eigenvalue weighted by atomic mass is 14.9. The average Bonchev–Trinajstić information content (AvgIpc) is 2.17. The van der Waals surface area contributed by atoms with E-state index in [1.807, 2.05) is 0 Å². The van der Waals surface area contributed by atoms with Crippen LogP contribution in [0.3, 0.4) is 0 Å². The number of hydrogen-bond acceptors (Lipinski definition) is 2. The van der Waals surface area contributed by atoms with Crippen LogP contribution in [0.4, 0.5) is 0 Å². The van der Waals surface area contributed by atoms with E-state index in [0.717, 1.165) is 13.1 Å².